The summed E-state index contributed by atoms with van der Waals surface area (Å²) in [5.74, 6) is 1.37. The second kappa shape index (κ2) is 3.61. The van der Waals surface area contributed by atoms with Gasteiger partial charge in [0.2, 0.25) is 0 Å². The summed E-state index contributed by atoms with van der Waals surface area (Å²) < 4.78 is 5.28. The molecule has 0 radical (unpaired) electrons. The third-order valence-electron chi connectivity index (χ3n) is 3.97. The quantitative estimate of drug-likeness (QED) is 0.794. The zero-order chi connectivity index (χ0) is 12.2. The second-order valence-electron chi connectivity index (χ2n) is 6.68. The number of piperidine rings is 1. The van der Waals surface area contributed by atoms with Crippen molar-refractivity contribution in [3.05, 3.63) is 0 Å². The Morgan fingerprint density at radius 2 is 1.82 bits per heavy atom. The van der Waals surface area contributed by atoms with E-state index >= 15 is 0 Å². The monoisotopic (exact) mass is 238 g/mol. The molecule has 0 bridgehead atoms. The highest BCUT2D eigenvalue weighted by Crippen LogP contribution is 2.48. The molecule has 1 amide bonds. The molecule has 2 aliphatic carbocycles. The Labute approximate surface area is 103 Å². The number of likely N-dealkylation sites (tertiary alicyclic amines) is 1. The molecule has 0 spiro atoms. The highest BCUT2D eigenvalue weighted by atomic mass is 16.6. The van der Waals surface area contributed by atoms with Crippen LogP contribution >= 0.6 is 0 Å². The average molecular weight is 238 g/mol. The number of fused-ring (bicyclic) bond motifs is 1. The summed E-state index contributed by atoms with van der Waals surface area (Å²) in [6.45, 7) is 8.05. The Hall–Kier alpha value is -0.770. The van der Waals surface area contributed by atoms with Gasteiger partial charge in [0, 0.05) is 25.2 Å². The fourth-order valence-corrected chi connectivity index (χ4v) is 2.95. The molecule has 1 N–H and O–H groups in total. The maximum Gasteiger partial charge on any atom is 0.407 e. The number of carbonyl (C=O) groups is 1. The van der Waals surface area contributed by atoms with Crippen molar-refractivity contribution in [3.8, 4) is 0 Å². The van der Waals surface area contributed by atoms with Gasteiger partial charge < -0.3 is 10.1 Å². The van der Waals surface area contributed by atoms with Gasteiger partial charge in [-0.3, -0.25) is 4.90 Å². The highest BCUT2D eigenvalue weighted by molar-refractivity contribution is 5.68. The third-order valence-corrected chi connectivity index (χ3v) is 3.97. The van der Waals surface area contributed by atoms with E-state index < -0.39 is 5.60 Å². The number of nitrogens with one attached hydrogen (secondary N) is 1. The summed E-state index contributed by atoms with van der Waals surface area (Å²) in [7, 11) is 0. The van der Waals surface area contributed by atoms with Crippen molar-refractivity contribution in [1.82, 2.24) is 10.2 Å². The van der Waals surface area contributed by atoms with Gasteiger partial charge in [0.15, 0.2) is 0 Å². The van der Waals surface area contributed by atoms with Crippen LogP contribution in [-0.2, 0) is 4.74 Å². The standard InChI is InChI=1S/C13H22N2O2/c1-13(2,3)17-12(16)14-11-9-6-15(7-10(9)11)8-4-5-8/h8-11H,4-7H2,1-3H3,(H,14,16). The number of nitrogens with zero attached hydrogens (tertiary/aromatic N) is 1. The number of amides is 1. The Bertz CT molecular complexity index is 321. The van der Waals surface area contributed by atoms with E-state index in [1.54, 1.807) is 0 Å². The largest absolute Gasteiger partial charge is 0.444 e. The molecule has 1 saturated heterocycles. The summed E-state index contributed by atoms with van der Waals surface area (Å²) in [5.41, 5.74) is -0.395. The maximum atomic E-state index is 11.6. The van der Waals surface area contributed by atoms with Crippen molar-refractivity contribution in [2.45, 2.75) is 51.3 Å². The number of hydrogen-bond acceptors (Lipinski definition) is 3. The number of alkyl carbamates (subject to hydrolysis) is 1. The van der Waals surface area contributed by atoms with Crippen LogP contribution in [0.4, 0.5) is 4.79 Å². The molecular formula is C13H22N2O2. The van der Waals surface area contributed by atoms with Crippen molar-refractivity contribution in [2.24, 2.45) is 11.8 Å². The molecule has 96 valence electrons. The van der Waals surface area contributed by atoms with E-state index in [0.29, 0.717) is 17.9 Å². The van der Waals surface area contributed by atoms with E-state index in [2.05, 4.69) is 10.2 Å². The first-order chi connectivity index (χ1) is 7.94. The van der Waals surface area contributed by atoms with Crippen LogP contribution in [0.3, 0.4) is 0 Å². The van der Waals surface area contributed by atoms with E-state index in [0.717, 1.165) is 6.04 Å². The number of ether oxygens (including phenoxy) is 1. The van der Waals surface area contributed by atoms with E-state index in [1.165, 1.54) is 25.9 Å². The highest BCUT2D eigenvalue weighted by Gasteiger charge is 2.58. The molecule has 4 heteroatoms. The van der Waals surface area contributed by atoms with Crippen LogP contribution < -0.4 is 5.32 Å². The number of hydrogen-bond donors (Lipinski definition) is 1. The summed E-state index contributed by atoms with van der Waals surface area (Å²) in [6, 6.07) is 1.24. The first kappa shape index (κ1) is 11.3. The molecule has 17 heavy (non-hydrogen) atoms. The first-order valence-corrected chi connectivity index (χ1v) is 6.67. The normalized spacial score (nSPS) is 36.5. The van der Waals surface area contributed by atoms with Gasteiger partial charge in [-0.2, -0.15) is 0 Å². The lowest BCUT2D eigenvalue weighted by Gasteiger charge is -2.22. The molecule has 2 atom stereocenters. The van der Waals surface area contributed by atoms with Crippen molar-refractivity contribution < 1.29 is 9.53 Å². The van der Waals surface area contributed by atoms with Crippen molar-refractivity contribution in [3.63, 3.8) is 0 Å². The van der Waals surface area contributed by atoms with Gasteiger partial charge in [0.1, 0.15) is 5.60 Å². The van der Waals surface area contributed by atoms with Gasteiger partial charge in [-0.1, -0.05) is 0 Å². The molecule has 3 aliphatic rings. The van der Waals surface area contributed by atoms with Crippen molar-refractivity contribution in [2.75, 3.05) is 13.1 Å². The number of rotatable bonds is 2. The SMILES string of the molecule is CC(C)(C)OC(=O)NC1C2CN(C3CC3)CC21. The molecule has 1 aliphatic heterocycles. The van der Waals surface area contributed by atoms with Crippen LogP contribution in [0.2, 0.25) is 0 Å². The van der Waals surface area contributed by atoms with Crippen LogP contribution in [0.25, 0.3) is 0 Å². The fraction of sp³-hybridized carbons (Fsp3) is 0.923. The molecule has 0 aromatic carbocycles. The fourth-order valence-electron chi connectivity index (χ4n) is 2.95. The number of carbonyl (C=O) groups excluding carboxylic acids is 1. The molecule has 3 fully saturated rings. The second-order valence-corrected chi connectivity index (χ2v) is 6.68. The molecule has 1 heterocycles. The van der Waals surface area contributed by atoms with Gasteiger partial charge in [-0.05, 0) is 45.4 Å². The minimum Gasteiger partial charge on any atom is -0.444 e. The smallest absolute Gasteiger partial charge is 0.407 e. The summed E-state index contributed by atoms with van der Waals surface area (Å²) in [5, 5.41) is 3.00. The first-order valence-electron chi connectivity index (χ1n) is 6.67. The molecular weight excluding hydrogens is 216 g/mol. The predicted octanol–water partition coefficient (Wildman–Crippen LogP) is 1.60. The van der Waals surface area contributed by atoms with Crippen molar-refractivity contribution in [1.29, 1.82) is 0 Å². The molecule has 0 aromatic rings. The lowest BCUT2D eigenvalue weighted by Crippen LogP contribution is -2.38. The maximum absolute atomic E-state index is 11.6. The Kier molecular flexibility index (Phi) is 2.41. The lowest BCUT2D eigenvalue weighted by molar-refractivity contribution is 0.0513. The van der Waals surface area contributed by atoms with E-state index in [-0.39, 0.29) is 6.09 Å². The molecule has 3 rings (SSSR count). The van der Waals surface area contributed by atoms with Crippen LogP contribution in [0.5, 0.6) is 0 Å². The minimum absolute atomic E-state index is 0.255. The predicted molar refractivity (Wildman–Crippen MR) is 64.7 cm³/mol. The zero-order valence-electron chi connectivity index (χ0n) is 10.9. The van der Waals surface area contributed by atoms with Gasteiger partial charge in [0.05, 0.1) is 0 Å². The molecule has 0 aromatic heterocycles. The Morgan fingerprint density at radius 1 is 1.24 bits per heavy atom. The third kappa shape index (κ3) is 2.41. The average Bonchev–Trinajstić information content (AvgIpc) is 3.05. The van der Waals surface area contributed by atoms with Gasteiger partial charge in [-0.25, -0.2) is 4.79 Å². The lowest BCUT2D eigenvalue weighted by atomic mass is 10.2. The molecule has 2 unspecified atom stereocenters. The Morgan fingerprint density at radius 3 is 2.29 bits per heavy atom. The van der Waals surface area contributed by atoms with E-state index in [9.17, 15) is 4.79 Å². The van der Waals surface area contributed by atoms with E-state index in [1.807, 2.05) is 20.8 Å². The van der Waals surface area contributed by atoms with Crippen LogP contribution in [0.1, 0.15) is 33.6 Å². The van der Waals surface area contributed by atoms with Gasteiger partial charge in [-0.15, -0.1) is 0 Å². The van der Waals surface area contributed by atoms with E-state index in [4.69, 9.17) is 4.74 Å². The van der Waals surface area contributed by atoms with Crippen LogP contribution in [0, 0.1) is 11.8 Å². The van der Waals surface area contributed by atoms with Crippen molar-refractivity contribution >= 4 is 6.09 Å². The summed E-state index contributed by atoms with van der Waals surface area (Å²) in [4.78, 5) is 14.2. The zero-order valence-corrected chi connectivity index (χ0v) is 10.9. The molecule has 2 saturated carbocycles. The summed E-state index contributed by atoms with van der Waals surface area (Å²) in [6.07, 6.45) is 2.50. The van der Waals surface area contributed by atoms with Gasteiger partial charge in [0.25, 0.3) is 0 Å². The van der Waals surface area contributed by atoms with Crippen LogP contribution in [0.15, 0.2) is 0 Å². The topological polar surface area (TPSA) is 41.6 Å². The Balaban J connectivity index is 1.43. The summed E-state index contributed by atoms with van der Waals surface area (Å²) >= 11 is 0. The molecule has 4 nitrogen and oxygen atoms in total. The van der Waals surface area contributed by atoms with Gasteiger partial charge >= 0.3 is 6.09 Å². The minimum atomic E-state index is -0.395. The van der Waals surface area contributed by atoms with Crippen LogP contribution in [-0.4, -0.2) is 41.8 Å².